The van der Waals surface area contributed by atoms with E-state index < -0.39 is 5.97 Å². The Morgan fingerprint density at radius 2 is 1.48 bits per heavy atom. The molecule has 0 aliphatic heterocycles. The number of hydrogen-bond donors (Lipinski definition) is 0. The summed E-state index contributed by atoms with van der Waals surface area (Å²) in [6.07, 6.45) is 4.80. The van der Waals surface area contributed by atoms with Crippen molar-refractivity contribution >= 4 is 28.0 Å². The molecule has 2 atom stereocenters. The highest BCUT2D eigenvalue weighted by molar-refractivity contribution is 8.26. The molecule has 0 amide bonds. The third-order valence-electron chi connectivity index (χ3n) is 5.16. The van der Waals surface area contributed by atoms with Crippen molar-refractivity contribution in [2.24, 2.45) is 17.3 Å². The van der Waals surface area contributed by atoms with Crippen LogP contribution in [0.15, 0.2) is 45.6 Å². The van der Waals surface area contributed by atoms with Crippen LogP contribution < -0.4 is 0 Å². The van der Waals surface area contributed by atoms with Gasteiger partial charge in [0, 0.05) is 5.92 Å². The van der Waals surface area contributed by atoms with Gasteiger partial charge in [-0.2, -0.15) is 0 Å². The fourth-order valence-electron chi connectivity index (χ4n) is 3.03. The zero-order valence-electron chi connectivity index (χ0n) is 19.9. The minimum atomic E-state index is -0.444. The summed E-state index contributed by atoms with van der Waals surface area (Å²) in [4.78, 5) is 34.6. The molecule has 2 heterocycles. The molecule has 1 aliphatic carbocycles. The number of esters is 1. The number of carbonyl (C=O) groups is 3. The van der Waals surface area contributed by atoms with Gasteiger partial charge in [-0.15, -0.1) is 0 Å². The number of carbonyl (C=O) groups excluding carboxylic acids is 3. The Hall–Kier alpha value is -2.28. The molecule has 2 aromatic rings. The van der Waals surface area contributed by atoms with E-state index in [2.05, 4.69) is 25.5 Å². The third-order valence-corrected chi connectivity index (χ3v) is 6.04. The SMILES string of the molecule is CC.CC.CC1CCC(C(=O)SC(=O)c2ccco2)C1(C)C.COC(=O)c1ccco1. The Labute approximate surface area is 190 Å². The van der Waals surface area contributed by atoms with E-state index in [0.29, 0.717) is 5.92 Å². The maximum atomic E-state index is 12.2. The fourth-order valence-corrected chi connectivity index (χ4v) is 3.99. The van der Waals surface area contributed by atoms with Crippen LogP contribution in [0, 0.1) is 17.3 Å². The summed E-state index contributed by atoms with van der Waals surface area (Å²) in [5.74, 6) is 0.525. The van der Waals surface area contributed by atoms with Crippen molar-refractivity contribution in [3.05, 3.63) is 48.3 Å². The summed E-state index contributed by atoms with van der Waals surface area (Å²) in [6.45, 7) is 14.4. The maximum Gasteiger partial charge on any atom is 0.373 e. The van der Waals surface area contributed by atoms with Crippen LogP contribution in [0.25, 0.3) is 0 Å². The number of rotatable bonds is 3. The van der Waals surface area contributed by atoms with Crippen LogP contribution in [0.4, 0.5) is 0 Å². The molecule has 174 valence electrons. The lowest BCUT2D eigenvalue weighted by Gasteiger charge is -2.29. The Morgan fingerprint density at radius 1 is 0.968 bits per heavy atom. The van der Waals surface area contributed by atoms with Gasteiger partial charge in [0.25, 0.3) is 5.12 Å². The molecule has 7 heteroatoms. The fraction of sp³-hybridized carbons (Fsp3) is 0.542. The van der Waals surface area contributed by atoms with Gasteiger partial charge >= 0.3 is 5.97 Å². The molecule has 1 aliphatic rings. The topological polar surface area (TPSA) is 86.7 Å². The summed E-state index contributed by atoms with van der Waals surface area (Å²) >= 11 is 0.787. The highest BCUT2D eigenvalue weighted by Gasteiger charge is 2.45. The lowest BCUT2D eigenvalue weighted by molar-refractivity contribution is -0.117. The van der Waals surface area contributed by atoms with Gasteiger partial charge in [0.15, 0.2) is 5.76 Å². The molecule has 3 rings (SSSR count). The van der Waals surface area contributed by atoms with Crippen LogP contribution in [0.2, 0.25) is 0 Å². The Kier molecular flexibility index (Phi) is 13.6. The summed E-state index contributed by atoms with van der Waals surface area (Å²) in [5.41, 5.74) is -0.0203. The van der Waals surface area contributed by atoms with Crippen molar-refractivity contribution in [3.63, 3.8) is 0 Å². The van der Waals surface area contributed by atoms with Crippen molar-refractivity contribution < 1.29 is 28.0 Å². The Bertz CT molecular complexity index is 762. The first-order valence-electron chi connectivity index (χ1n) is 10.7. The number of ether oxygens (including phenoxy) is 1. The van der Waals surface area contributed by atoms with E-state index in [1.165, 1.54) is 19.6 Å². The van der Waals surface area contributed by atoms with Crippen LogP contribution in [-0.4, -0.2) is 23.3 Å². The van der Waals surface area contributed by atoms with E-state index in [9.17, 15) is 14.4 Å². The molecule has 0 radical (unpaired) electrons. The third kappa shape index (κ3) is 8.40. The Balaban J connectivity index is 0.000000582. The molecule has 0 aromatic carbocycles. The first-order valence-corrected chi connectivity index (χ1v) is 11.5. The van der Waals surface area contributed by atoms with Gasteiger partial charge in [-0.05, 0) is 60.2 Å². The molecular formula is C24H36O6S. The average Bonchev–Trinajstić information content (AvgIpc) is 3.54. The predicted molar refractivity (Wildman–Crippen MR) is 124 cm³/mol. The molecule has 2 unspecified atom stereocenters. The quantitative estimate of drug-likeness (QED) is 0.469. The zero-order valence-corrected chi connectivity index (χ0v) is 20.7. The van der Waals surface area contributed by atoms with Crippen molar-refractivity contribution in [2.75, 3.05) is 7.11 Å². The second-order valence-corrected chi connectivity index (χ2v) is 7.98. The molecule has 31 heavy (non-hydrogen) atoms. The lowest BCUT2D eigenvalue weighted by atomic mass is 9.77. The summed E-state index contributed by atoms with van der Waals surface area (Å²) in [7, 11) is 1.31. The summed E-state index contributed by atoms with van der Waals surface area (Å²) in [6, 6.07) is 6.42. The predicted octanol–water partition coefficient (Wildman–Crippen LogP) is 6.87. The van der Waals surface area contributed by atoms with Crippen LogP contribution >= 0.6 is 11.8 Å². The number of thioether (sulfide) groups is 1. The van der Waals surface area contributed by atoms with Gasteiger partial charge in [-0.3, -0.25) is 9.59 Å². The van der Waals surface area contributed by atoms with Crippen LogP contribution in [0.1, 0.15) is 82.4 Å². The molecule has 0 bridgehead atoms. The smallest absolute Gasteiger partial charge is 0.373 e. The molecule has 1 saturated carbocycles. The molecule has 2 aromatic heterocycles. The molecule has 0 saturated heterocycles. The minimum Gasteiger partial charge on any atom is -0.463 e. The van der Waals surface area contributed by atoms with Gasteiger partial charge in [0.05, 0.1) is 19.6 Å². The van der Waals surface area contributed by atoms with E-state index in [0.717, 1.165) is 24.6 Å². The van der Waals surface area contributed by atoms with Gasteiger partial charge in [0.1, 0.15) is 0 Å². The molecule has 6 nitrogen and oxygen atoms in total. The highest BCUT2D eigenvalue weighted by Crippen LogP contribution is 2.49. The lowest BCUT2D eigenvalue weighted by Crippen LogP contribution is -2.28. The monoisotopic (exact) mass is 452 g/mol. The van der Waals surface area contributed by atoms with Crippen LogP contribution in [0.3, 0.4) is 0 Å². The summed E-state index contributed by atoms with van der Waals surface area (Å²) in [5, 5.41) is -0.314. The maximum absolute atomic E-state index is 12.2. The number of methoxy groups -OCH3 is 1. The minimum absolute atomic E-state index is 0.0203. The Morgan fingerprint density at radius 3 is 1.87 bits per heavy atom. The van der Waals surface area contributed by atoms with E-state index in [-0.39, 0.29) is 33.1 Å². The largest absolute Gasteiger partial charge is 0.463 e. The van der Waals surface area contributed by atoms with Crippen molar-refractivity contribution in [1.82, 2.24) is 0 Å². The second-order valence-electron chi connectivity index (χ2n) is 7.01. The number of furan rings is 2. The summed E-state index contributed by atoms with van der Waals surface area (Å²) < 4.78 is 14.1. The molecule has 0 spiro atoms. The molecule has 0 N–H and O–H groups in total. The first-order chi connectivity index (χ1) is 14.8. The zero-order chi connectivity index (χ0) is 24.0. The standard InChI is InChI=1S/C14H18O3S.C6H6O3.2C2H6/c1-9-6-7-10(14(9,2)3)12(15)18-13(16)11-5-4-8-17-11;1-8-6(7)5-3-2-4-9-5;2*1-2/h4-5,8-10H,6-7H2,1-3H3;2-4H,1H3;2*1-2H3. The van der Waals surface area contributed by atoms with E-state index >= 15 is 0 Å². The van der Waals surface area contributed by atoms with Gasteiger partial charge in [-0.25, -0.2) is 4.79 Å². The highest BCUT2D eigenvalue weighted by atomic mass is 32.2. The molecule has 1 fully saturated rings. The van der Waals surface area contributed by atoms with Crippen molar-refractivity contribution in [1.29, 1.82) is 0 Å². The van der Waals surface area contributed by atoms with Crippen LogP contribution in [-0.2, 0) is 9.53 Å². The number of hydrogen-bond acceptors (Lipinski definition) is 7. The van der Waals surface area contributed by atoms with Crippen molar-refractivity contribution in [3.8, 4) is 0 Å². The van der Waals surface area contributed by atoms with Gasteiger partial charge in [-0.1, -0.05) is 48.5 Å². The average molecular weight is 453 g/mol. The normalized spacial score (nSPS) is 18.2. The second kappa shape index (κ2) is 14.7. The van der Waals surface area contributed by atoms with E-state index in [1.54, 1.807) is 24.3 Å². The van der Waals surface area contributed by atoms with Gasteiger partial charge < -0.3 is 13.6 Å². The van der Waals surface area contributed by atoms with Crippen LogP contribution in [0.5, 0.6) is 0 Å². The first kappa shape index (κ1) is 28.7. The van der Waals surface area contributed by atoms with Gasteiger partial charge in [0.2, 0.25) is 10.9 Å². The molecular weight excluding hydrogens is 416 g/mol. The van der Waals surface area contributed by atoms with E-state index in [1.807, 2.05) is 27.7 Å². The van der Waals surface area contributed by atoms with Crippen molar-refractivity contribution in [2.45, 2.75) is 61.3 Å². The van der Waals surface area contributed by atoms with E-state index in [4.69, 9.17) is 8.83 Å².